The number of rotatable bonds is 7. The molecule has 154 valence electrons. The van der Waals surface area contributed by atoms with Gasteiger partial charge in [-0.25, -0.2) is 9.67 Å². The molecular weight excluding hydrogens is 398 g/mol. The second kappa shape index (κ2) is 8.62. The van der Waals surface area contributed by atoms with Gasteiger partial charge in [0.15, 0.2) is 0 Å². The monoisotopic (exact) mass is 421 g/mol. The molecule has 1 aromatic carbocycles. The highest BCUT2D eigenvalue weighted by Crippen LogP contribution is 2.21. The number of nitrogens with one attached hydrogen (secondary N) is 1. The molecule has 4 aromatic rings. The van der Waals surface area contributed by atoms with E-state index in [0.29, 0.717) is 6.54 Å². The molecule has 4 rings (SSSR count). The van der Waals surface area contributed by atoms with E-state index in [0.717, 1.165) is 21.6 Å². The quantitative estimate of drug-likeness (QED) is 0.497. The molecule has 0 fully saturated rings. The van der Waals surface area contributed by atoms with E-state index in [-0.39, 0.29) is 30.0 Å². The summed E-state index contributed by atoms with van der Waals surface area (Å²) in [6.07, 6.45) is 1.67. The van der Waals surface area contributed by atoms with Crippen LogP contribution in [-0.4, -0.2) is 31.3 Å². The van der Waals surface area contributed by atoms with Gasteiger partial charge in [0.2, 0.25) is 5.91 Å². The van der Waals surface area contributed by atoms with Crippen LogP contribution in [0.15, 0.2) is 65.0 Å². The summed E-state index contributed by atoms with van der Waals surface area (Å²) in [5.41, 5.74) is 2.33. The number of aromatic nitrogens is 4. The Kier molecular flexibility index (Phi) is 5.76. The maximum atomic E-state index is 12.7. The van der Waals surface area contributed by atoms with E-state index >= 15 is 0 Å². The van der Waals surface area contributed by atoms with Gasteiger partial charge < -0.3 is 9.88 Å². The third-order valence-electron chi connectivity index (χ3n) is 5.00. The van der Waals surface area contributed by atoms with Crippen LogP contribution in [0.1, 0.15) is 13.8 Å². The molecule has 0 spiro atoms. The number of carbonyl (C=O) groups excluding carboxylic acids is 1. The molecule has 1 amide bonds. The predicted octanol–water partition coefficient (Wildman–Crippen LogP) is 3.16. The third-order valence-corrected chi connectivity index (χ3v) is 5.89. The van der Waals surface area contributed by atoms with Crippen molar-refractivity contribution in [1.82, 2.24) is 24.6 Å². The number of amides is 1. The Morgan fingerprint density at radius 3 is 2.73 bits per heavy atom. The second-order valence-corrected chi connectivity index (χ2v) is 8.44. The smallest absolute Gasteiger partial charge is 0.266 e. The van der Waals surface area contributed by atoms with E-state index in [1.54, 1.807) is 23.7 Å². The zero-order valence-electron chi connectivity index (χ0n) is 16.9. The summed E-state index contributed by atoms with van der Waals surface area (Å²) in [6, 6.07) is 14.7. The number of benzene rings is 1. The number of hydrogen-bond acceptors (Lipinski definition) is 5. The first-order valence-electron chi connectivity index (χ1n) is 9.82. The van der Waals surface area contributed by atoms with E-state index in [2.05, 4.69) is 15.4 Å². The normalized spacial score (nSPS) is 12.4. The molecule has 0 saturated carbocycles. The number of nitrogens with zero attached hydrogens (tertiary/aromatic N) is 4. The fourth-order valence-electron chi connectivity index (χ4n) is 3.29. The highest BCUT2D eigenvalue weighted by atomic mass is 32.1. The van der Waals surface area contributed by atoms with Gasteiger partial charge in [-0.2, -0.15) is 5.10 Å². The SMILES string of the molecule is CC(C)[C@@H](Cn1nc(-c2cccs2)ccc1=O)NC(=O)Cn1cnc2ccccc21. The van der Waals surface area contributed by atoms with Crippen molar-refractivity contribution in [2.75, 3.05) is 0 Å². The van der Waals surface area contributed by atoms with E-state index in [1.807, 2.05) is 60.2 Å². The molecule has 0 radical (unpaired) electrons. The Bertz CT molecular complexity index is 1210. The summed E-state index contributed by atoms with van der Waals surface area (Å²) < 4.78 is 3.26. The highest BCUT2D eigenvalue weighted by Gasteiger charge is 2.19. The van der Waals surface area contributed by atoms with E-state index in [1.165, 1.54) is 10.7 Å². The summed E-state index contributed by atoms with van der Waals surface area (Å²) in [6.45, 7) is 4.52. The van der Waals surface area contributed by atoms with Gasteiger partial charge in [0.25, 0.3) is 5.56 Å². The van der Waals surface area contributed by atoms with E-state index in [9.17, 15) is 9.59 Å². The summed E-state index contributed by atoms with van der Waals surface area (Å²) in [4.78, 5) is 30.4. The zero-order valence-corrected chi connectivity index (χ0v) is 17.7. The molecule has 7 nitrogen and oxygen atoms in total. The summed E-state index contributed by atoms with van der Waals surface area (Å²) >= 11 is 1.57. The van der Waals surface area contributed by atoms with Crippen LogP contribution in [0.3, 0.4) is 0 Å². The molecule has 3 aromatic heterocycles. The minimum atomic E-state index is -0.226. The lowest BCUT2D eigenvalue weighted by Crippen LogP contribution is -2.45. The van der Waals surface area contributed by atoms with Crippen LogP contribution in [0.25, 0.3) is 21.6 Å². The molecule has 30 heavy (non-hydrogen) atoms. The molecule has 0 saturated heterocycles. The van der Waals surface area contributed by atoms with Crippen molar-refractivity contribution in [3.8, 4) is 10.6 Å². The first kappa shape index (κ1) is 20.0. The zero-order chi connectivity index (χ0) is 21.1. The Hall–Kier alpha value is -3.26. The molecule has 0 bridgehead atoms. The van der Waals surface area contributed by atoms with Gasteiger partial charge in [0.05, 0.1) is 34.8 Å². The average molecular weight is 422 g/mol. The summed E-state index contributed by atoms with van der Waals surface area (Å²) in [5.74, 6) is 0.00638. The molecular formula is C22H23N5O2S. The van der Waals surface area contributed by atoms with Crippen LogP contribution >= 0.6 is 11.3 Å². The summed E-state index contributed by atoms with van der Waals surface area (Å²) in [5, 5.41) is 9.55. The Morgan fingerprint density at radius 1 is 1.13 bits per heavy atom. The van der Waals surface area contributed by atoms with Gasteiger partial charge >= 0.3 is 0 Å². The van der Waals surface area contributed by atoms with Crippen molar-refractivity contribution in [2.24, 2.45) is 5.92 Å². The highest BCUT2D eigenvalue weighted by molar-refractivity contribution is 7.13. The molecule has 8 heteroatoms. The average Bonchev–Trinajstić information content (AvgIpc) is 3.40. The maximum absolute atomic E-state index is 12.7. The molecule has 0 aliphatic rings. The number of thiophene rings is 1. The van der Waals surface area contributed by atoms with Crippen LogP contribution in [0.2, 0.25) is 0 Å². The van der Waals surface area contributed by atoms with Crippen molar-refractivity contribution in [1.29, 1.82) is 0 Å². The lowest BCUT2D eigenvalue weighted by molar-refractivity contribution is -0.122. The molecule has 0 aliphatic carbocycles. The number of hydrogen-bond donors (Lipinski definition) is 1. The minimum Gasteiger partial charge on any atom is -0.350 e. The van der Waals surface area contributed by atoms with Gasteiger partial charge in [-0.15, -0.1) is 11.3 Å². The molecule has 0 unspecified atom stereocenters. The Labute approximate surface area is 178 Å². The first-order valence-corrected chi connectivity index (χ1v) is 10.7. The Balaban J connectivity index is 1.50. The maximum Gasteiger partial charge on any atom is 0.266 e. The van der Waals surface area contributed by atoms with Crippen molar-refractivity contribution < 1.29 is 4.79 Å². The van der Waals surface area contributed by atoms with Gasteiger partial charge in [-0.3, -0.25) is 9.59 Å². The van der Waals surface area contributed by atoms with Crippen molar-refractivity contribution >= 4 is 28.3 Å². The second-order valence-electron chi connectivity index (χ2n) is 7.50. The predicted molar refractivity (Wildman–Crippen MR) is 118 cm³/mol. The third kappa shape index (κ3) is 4.33. The van der Waals surface area contributed by atoms with Crippen LogP contribution in [0.4, 0.5) is 0 Å². The summed E-state index contributed by atoms with van der Waals surface area (Å²) in [7, 11) is 0. The number of carbonyl (C=O) groups is 1. The van der Waals surface area contributed by atoms with Crippen LogP contribution in [0.5, 0.6) is 0 Å². The molecule has 0 aliphatic heterocycles. The van der Waals surface area contributed by atoms with Gasteiger partial charge in [-0.1, -0.05) is 32.0 Å². The standard InChI is InChI=1S/C22H23N5O2S/c1-15(2)18(12-27-22(29)10-9-17(25-27)20-8-5-11-30-20)24-21(28)13-26-14-23-16-6-3-4-7-19(16)26/h3-11,14-15,18H,12-13H2,1-2H3,(H,24,28)/t18-/m1/s1. The molecule has 1 atom stereocenters. The number of imidazole rings is 1. The van der Waals surface area contributed by atoms with Crippen LogP contribution in [-0.2, 0) is 17.9 Å². The lowest BCUT2D eigenvalue weighted by atomic mass is 10.0. The number of para-hydroxylation sites is 2. The first-order chi connectivity index (χ1) is 14.5. The Morgan fingerprint density at radius 2 is 1.97 bits per heavy atom. The number of fused-ring (bicyclic) bond motifs is 1. The van der Waals surface area contributed by atoms with E-state index in [4.69, 9.17) is 0 Å². The van der Waals surface area contributed by atoms with Crippen LogP contribution in [0, 0.1) is 5.92 Å². The minimum absolute atomic E-state index is 0.126. The van der Waals surface area contributed by atoms with E-state index < -0.39 is 0 Å². The lowest BCUT2D eigenvalue weighted by Gasteiger charge is -2.23. The van der Waals surface area contributed by atoms with Crippen molar-refractivity contribution in [2.45, 2.75) is 33.0 Å². The van der Waals surface area contributed by atoms with Crippen molar-refractivity contribution in [3.63, 3.8) is 0 Å². The van der Waals surface area contributed by atoms with Gasteiger partial charge in [0, 0.05) is 6.07 Å². The van der Waals surface area contributed by atoms with Gasteiger partial charge in [-0.05, 0) is 35.6 Å². The fraction of sp³-hybridized carbons (Fsp3) is 0.273. The topological polar surface area (TPSA) is 81.8 Å². The van der Waals surface area contributed by atoms with Crippen molar-refractivity contribution in [3.05, 3.63) is 70.6 Å². The largest absolute Gasteiger partial charge is 0.350 e. The molecule has 3 heterocycles. The van der Waals surface area contributed by atoms with Crippen LogP contribution < -0.4 is 10.9 Å². The fourth-order valence-corrected chi connectivity index (χ4v) is 3.98. The van der Waals surface area contributed by atoms with Gasteiger partial charge in [0.1, 0.15) is 12.2 Å². The molecule has 1 N–H and O–H groups in total.